The Morgan fingerprint density at radius 3 is 2.56 bits per heavy atom. The van der Waals surface area contributed by atoms with Crippen molar-refractivity contribution in [3.63, 3.8) is 0 Å². The Bertz CT molecular complexity index is 801. The predicted molar refractivity (Wildman–Crippen MR) is 96.8 cm³/mol. The van der Waals surface area contributed by atoms with Gasteiger partial charge in [-0.25, -0.2) is 0 Å². The molecule has 0 heterocycles. The molecule has 0 spiro atoms. The Morgan fingerprint density at radius 2 is 1.80 bits per heavy atom. The van der Waals surface area contributed by atoms with Crippen LogP contribution in [0.15, 0.2) is 42.5 Å². The van der Waals surface area contributed by atoms with Gasteiger partial charge in [0.2, 0.25) is 0 Å². The number of hydrogen-bond donors (Lipinski definition) is 2. The molecule has 2 amide bonds. The van der Waals surface area contributed by atoms with Crippen molar-refractivity contribution in [3.05, 3.63) is 59.2 Å². The van der Waals surface area contributed by atoms with Crippen molar-refractivity contribution in [1.29, 1.82) is 0 Å². The Hall–Kier alpha value is -2.82. The third-order valence-corrected chi connectivity index (χ3v) is 4.45. The molecule has 0 radical (unpaired) electrons. The van der Waals surface area contributed by atoms with E-state index in [1.54, 1.807) is 31.2 Å². The number of benzene rings is 2. The monoisotopic (exact) mass is 338 g/mol. The molecule has 0 aliphatic heterocycles. The summed E-state index contributed by atoms with van der Waals surface area (Å²) in [6.45, 7) is 1.68. The van der Waals surface area contributed by atoms with E-state index in [-0.39, 0.29) is 11.5 Å². The summed E-state index contributed by atoms with van der Waals surface area (Å²) in [4.78, 5) is 23.8. The second-order valence-electron chi connectivity index (χ2n) is 6.30. The second kappa shape index (κ2) is 7.38. The summed E-state index contributed by atoms with van der Waals surface area (Å²) < 4.78 is 5.79. The highest BCUT2D eigenvalue weighted by Gasteiger charge is 2.18. The number of para-hydroxylation sites is 1. The summed E-state index contributed by atoms with van der Waals surface area (Å²) in [7, 11) is 0. The topological polar surface area (TPSA) is 81.4 Å². The maximum atomic E-state index is 12.4. The minimum absolute atomic E-state index is 0.275. The van der Waals surface area contributed by atoms with Crippen LogP contribution in [0.5, 0.6) is 5.75 Å². The Labute approximate surface area is 147 Å². The average Bonchev–Trinajstić information content (AvgIpc) is 2.61. The van der Waals surface area contributed by atoms with Crippen molar-refractivity contribution < 1.29 is 14.3 Å². The molecule has 0 bridgehead atoms. The summed E-state index contributed by atoms with van der Waals surface area (Å²) in [5.74, 6) is -0.225. The van der Waals surface area contributed by atoms with Gasteiger partial charge in [-0.2, -0.15) is 0 Å². The lowest BCUT2D eigenvalue weighted by molar-refractivity contribution is -0.122. The molecule has 5 heteroatoms. The molecule has 5 nitrogen and oxygen atoms in total. The van der Waals surface area contributed by atoms with Crippen LogP contribution < -0.4 is 15.8 Å². The van der Waals surface area contributed by atoms with Gasteiger partial charge in [0.15, 0.2) is 6.10 Å². The molecule has 3 rings (SSSR count). The maximum Gasteiger partial charge on any atom is 0.265 e. The minimum Gasteiger partial charge on any atom is -0.481 e. The fourth-order valence-corrected chi connectivity index (χ4v) is 3.08. The van der Waals surface area contributed by atoms with Gasteiger partial charge in [0.05, 0.1) is 11.3 Å². The highest BCUT2D eigenvalue weighted by molar-refractivity contribution is 6.03. The van der Waals surface area contributed by atoms with Crippen molar-refractivity contribution in [3.8, 4) is 5.75 Å². The lowest BCUT2D eigenvalue weighted by atomic mass is 9.92. The molecule has 2 aromatic rings. The van der Waals surface area contributed by atoms with E-state index < -0.39 is 12.0 Å². The number of carbonyl (C=O) groups excluding carboxylic acids is 2. The molecule has 2 aromatic carbocycles. The lowest BCUT2D eigenvalue weighted by Crippen LogP contribution is -2.31. The first kappa shape index (κ1) is 17.0. The fourth-order valence-electron chi connectivity index (χ4n) is 3.08. The van der Waals surface area contributed by atoms with Gasteiger partial charge in [-0.3, -0.25) is 9.59 Å². The first-order chi connectivity index (χ1) is 12.0. The average molecular weight is 338 g/mol. The zero-order valence-electron chi connectivity index (χ0n) is 14.2. The molecular formula is C20H22N2O3. The van der Waals surface area contributed by atoms with Crippen molar-refractivity contribution in [2.24, 2.45) is 5.73 Å². The predicted octanol–water partition coefficient (Wildman–Crippen LogP) is 3.07. The SMILES string of the molecule is CC(Oc1ccc2c(c1)CCCC2)C(=O)Nc1ccccc1C(N)=O. The fraction of sp³-hybridized carbons (Fsp3) is 0.300. The molecule has 1 aliphatic rings. The van der Waals surface area contributed by atoms with Gasteiger partial charge in [-0.15, -0.1) is 0 Å². The number of primary amides is 1. The van der Waals surface area contributed by atoms with E-state index in [0.29, 0.717) is 11.4 Å². The smallest absolute Gasteiger partial charge is 0.265 e. The third kappa shape index (κ3) is 3.99. The van der Waals surface area contributed by atoms with Crippen molar-refractivity contribution in [1.82, 2.24) is 0 Å². The molecule has 0 fully saturated rings. The summed E-state index contributed by atoms with van der Waals surface area (Å²) in [6.07, 6.45) is 3.89. The van der Waals surface area contributed by atoms with Crippen LogP contribution in [-0.2, 0) is 17.6 Å². The number of nitrogens with two attached hydrogens (primary N) is 1. The summed E-state index contributed by atoms with van der Waals surface area (Å²) in [5.41, 5.74) is 8.67. The summed E-state index contributed by atoms with van der Waals surface area (Å²) >= 11 is 0. The highest BCUT2D eigenvalue weighted by Crippen LogP contribution is 2.26. The van der Waals surface area contributed by atoms with Gasteiger partial charge in [0.25, 0.3) is 11.8 Å². The normalized spacial score (nSPS) is 14.3. The molecular weight excluding hydrogens is 316 g/mol. The first-order valence-electron chi connectivity index (χ1n) is 8.53. The summed E-state index contributed by atoms with van der Waals surface area (Å²) in [6, 6.07) is 12.7. The summed E-state index contributed by atoms with van der Waals surface area (Å²) in [5, 5.41) is 2.71. The largest absolute Gasteiger partial charge is 0.481 e. The van der Waals surface area contributed by atoms with E-state index in [0.717, 1.165) is 12.8 Å². The number of aryl methyl sites for hydroxylation is 2. The van der Waals surface area contributed by atoms with E-state index in [1.807, 2.05) is 12.1 Å². The van der Waals surface area contributed by atoms with Crippen LogP contribution in [0.3, 0.4) is 0 Å². The van der Waals surface area contributed by atoms with Gasteiger partial charge in [0.1, 0.15) is 5.75 Å². The molecule has 1 unspecified atom stereocenters. The molecule has 1 atom stereocenters. The zero-order chi connectivity index (χ0) is 17.8. The van der Waals surface area contributed by atoms with Crippen LogP contribution in [0, 0.1) is 0 Å². The zero-order valence-corrected chi connectivity index (χ0v) is 14.2. The molecule has 0 saturated carbocycles. The number of carbonyl (C=O) groups is 2. The number of rotatable bonds is 5. The van der Waals surface area contributed by atoms with Gasteiger partial charge >= 0.3 is 0 Å². The van der Waals surface area contributed by atoms with Gasteiger partial charge in [-0.05, 0) is 68.0 Å². The van der Waals surface area contributed by atoms with Crippen LogP contribution >= 0.6 is 0 Å². The lowest BCUT2D eigenvalue weighted by Gasteiger charge is -2.19. The minimum atomic E-state index is -0.692. The Kier molecular flexibility index (Phi) is 5.03. The van der Waals surface area contributed by atoms with Gasteiger partial charge in [0, 0.05) is 0 Å². The standard InChI is InChI=1S/C20H22N2O3/c1-13(20(24)22-18-9-5-4-8-17(18)19(21)23)25-16-11-10-14-6-2-3-7-15(14)12-16/h4-5,8-13H,2-3,6-7H2,1H3,(H2,21,23)(H,22,24). The Morgan fingerprint density at radius 1 is 1.08 bits per heavy atom. The van der Waals surface area contributed by atoms with E-state index in [9.17, 15) is 9.59 Å². The van der Waals surface area contributed by atoms with Gasteiger partial charge < -0.3 is 15.8 Å². The molecule has 0 aromatic heterocycles. The van der Waals surface area contributed by atoms with Crippen molar-refractivity contribution in [2.45, 2.75) is 38.7 Å². The third-order valence-electron chi connectivity index (χ3n) is 4.45. The van der Waals surface area contributed by atoms with Crippen LogP contribution in [0.1, 0.15) is 41.3 Å². The molecule has 130 valence electrons. The van der Waals surface area contributed by atoms with Crippen LogP contribution in [0.2, 0.25) is 0 Å². The van der Waals surface area contributed by atoms with Crippen LogP contribution in [0.4, 0.5) is 5.69 Å². The molecule has 0 saturated heterocycles. The highest BCUT2D eigenvalue weighted by atomic mass is 16.5. The maximum absolute atomic E-state index is 12.4. The second-order valence-corrected chi connectivity index (χ2v) is 6.30. The quantitative estimate of drug-likeness (QED) is 0.879. The number of hydrogen-bond acceptors (Lipinski definition) is 3. The Balaban J connectivity index is 1.68. The number of fused-ring (bicyclic) bond motifs is 1. The van der Waals surface area contributed by atoms with Crippen LogP contribution in [-0.4, -0.2) is 17.9 Å². The number of nitrogens with one attached hydrogen (secondary N) is 1. The van der Waals surface area contributed by atoms with E-state index in [2.05, 4.69) is 11.4 Å². The van der Waals surface area contributed by atoms with E-state index in [1.165, 1.54) is 24.0 Å². The van der Waals surface area contributed by atoms with Crippen LogP contribution in [0.25, 0.3) is 0 Å². The van der Waals surface area contributed by atoms with E-state index >= 15 is 0 Å². The molecule has 1 aliphatic carbocycles. The van der Waals surface area contributed by atoms with Gasteiger partial charge in [-0.1, -0.05) is 18.2 Å². The van der Waals surface area contributed by atoms with Crippen molar-refractivity contribution in [2.75, 3.05) is 5.32 Å². The van der Waals surface area contributed by atoms with Crippen molar-refractivity contribution >= 4 is 17.5 Å². The number of ether oxygens (including phenoxy) is 1. The van der Waals surface area contributed by atoms with E-state index in [4.69, 9.17) is 10.5 Å². The molecule has 3 N–H and O–H groups in total. The number of anilines is 1. The molecule has 25 heavy (non-hydrogen) atoms. The number of amides is 2. The first-order valence-corrected chi connectivity index (χ1v) is 8.53.